The van der Waals surface area contributed by atoms with Gasteiger partial charge in [-0.2, -0.15) is 4.98 Å². The van der Waals surface area contributed by atoms with Crippen molar-refractivity contribution < 1.29 is 4.74 Å². The first-order chi connectivity index (χ1) is 11.2. The van der Waals surface area contributed by atoms with Gasteiger partial charge in [-0.15, -0.1) is 0 Å². The maximum Gasteiger partial charge on any atom is 0.224 e. The van der Waals surface area contributed by atoms with Crippen LogP contribution in [0.5, 0.6) is 0 Å². The standard InChI is InChI=1S/C16H18ClN5O/c1-11-3-2-4-12(19-11)8-21-9-13-10-23-6-5-22(13)15-14(21)7-18-16(17)20-15/h2-4,7,13H,5-6,8-10H2,1H3. The Morgan fingerprint density at radius 2 is 2.26 bits per heavy atom. The molecule has 0 aliphatic carbocycles. The number of halogens is 1. The lowest BCUT2D eigenvalue weighted by Gasteiger charge is -2.45. The molecular formula is C16H18ClN5O. The van der Waals surface area contributed by atoms with E-state index in [4.69, 9.17) is 16.3 Å². The minimum atomic E-state index is 0.282. The van der Waals surface area contributed by atoms with E-state index in [-0.39, 0.29) is 11.3 Å². The summed E-state index contributed by atoms with van der Waals surface area (Å²) in [5, 5.41) is 0.282. The van der Waals surface area contributed by atoms with Gasteiger partial charge in [0.25, 0.3) is 0 Å². The number of nitrogens with zero attached hydrogens (tertiary/aromatic N) is 5. The van der Waals surface area contributed by atoms with E-state index in [1.54, 1.807) is 0 Å². The summed E-state index contributed by atoms with van der Waals surface area (Å²) in [5.41, 5.74) is 3.07. The molecule has 1 atom stereocenters. The highest BCUT2D eigenvalue weighted by Gasteiger charge is 2.34. The van der Waals surface area contributed by atoms with E-state index in [1.165, 1.54) is 0 Å². The highest BCUT2D eigenvalue weighted by Crippen LogP contribution is 2.35. The lowest BCUT2D eigenvalue weighted by atomic mass is 10.1. The van der Waals surface area contributed by atoms with Gasteiger partial charge >= 0.3 is 0 Å². The average Bonchev–Trinajstić information content (AvgIpc) is 2.55. The Morgan fingerprint density at radius 3 is 3.13 bits per heavy atom. The fourth-order valence-corrected chi connectivity index (χ4v) is 3.38. The summed E-state index contributed by atoms with van der Waals surface area (Å²) >= 11 is 6.03. The van der Waals surface area contributed by atoms with Crippen LogP contribution in [0.25, 0.3) is 0 Å². The van der Waals surface area contributed by atoms with Gasteiger partial charge in [0.2, 0.25) is 5.28 Å². The molecule has 1 fully saturated rings. The summed E-state index contributed by atoms with van der Waals surface area (Å²) in [5.74, 6) is 0.900. The van der Waals surface area contributed by atoms with Crippen LogP contribution in [0.2, 0.25) is 5.28 Å². The van der Waals surface area contributed by atoms with Crippen LogP contribution in [-0.4, -0.2) is 47.3 Å². The Balaban J connectivity index is 1.69. The molecule has 0 bridgehead atoms. The molecule has 4 rings (SSSR count). The maximum absolute atomic E-state index is 6.03. The van der Waals surface area contributed by atoms with Gasteiger partial charge in [0.15, 0.2) is 5.82 Å². The van der Waals surface area contributed by atoms with Crippen molar-refractivity contribution in [1.82, 2.24) is 15.0 Å². The lowest BCUT2D eigenvalue weighted by molar-refractivity contribution is 0.0935. The summed E-state index contributed by atoms with van der Waals surface area (Å²) in [6, 6.07) is 6.38. The summed E-state index contributed by atoms with van der Waals surface area (Å²) in [7, 11) is 0. The third-order valence-corrected chi connectivity index (χ3v) is 4.47. The third kappa shape index (κ3) is 2.84. The van der Waals surface area contributed by atoms with E-state index in [0.717, 1.165) is 49.1 Å². The van der Waals surface area contributed by atoms with E-state index < -0.39 is 0 Å². The SMILES string of the molecule is Cc1cccc(CN2CC3COCCN3c3nc(Cl)ncc32)n1. The van der Waals surface area contributed by atoms with E-state index >= 15 is 0 Å². The van der Waals surface area contributed by atoms with Crippen LogP contribution < -0.4 is 9.80 Å². The molecule has 0 spiro atoms. The summed E-state index contributed by atoms with van der Waals surface area (Å²) in [4.78, 5) is 17.8. The van der Waals surface area contributed by atoms with Crippen LogP contribution in [0, 0.1) is 6.92 Å². The molecule has 2 aliphatic heterocycles. The number of pyridine rings is 1. The number of aromatic nitrogens is 3. The number of ether oxygens (including phenoxy) is 1. The Morgan fingerprint density at radius 1 is 1.35 bits per heavy atom. The molecule has 0 N–H and O–H groups in total. The zero-order chi connectivity index (χ0) is 15.8. The first kappa shape index (κ1) is 14.7. The Hall–Kier alpha value is -1.92. The smallest absolute Gasteiger partial charge is 0.224 e. The molecule has 2 aromatic rings. The molecule has 120 valence electrons. The van der Waals surface area contributed by atoms with Crippen molar-refractivity contribution in [3.05, 3.63) is 41.1 Å². The quantitative estimate of drug-likeness (QED) is 0.785. The van der Waals surface area contributed by atoms with Crippen LogP contribution in [0.15, 0.2) is 24.4 Å². The van der Waals surface area contributed by atoms with Crippen molar-refractivity contribution in [1.29, 1.82) is 0 Å². The Bertz CT molecular complexity index is 725. The molecule has 0 saturated carbocycles. The molecule has 4 heterocycles. The van der Waals surface area contributed by atoms with Crippen LogP contribution in [0.3, 0.4) is 0 Å². The number of hydrogen-bond acceptors (Lipinski definition) is 6. The van der Waals surface area contributed by atoms with Gasteiger partial charge in [-0.05, 0) is 30.7 Å². The van der Waals surface area contributed by atoms with Gasteiger partial charge in [-0.25, -0.2) is 4.98 Å². The number of hydrogen-bond donors (Lipinski definition) is 0. The number of rotatable bonds is 2. The molecule has 2 aromatic heterocycles. The van der Waals surface area contributed by atoms with Gasteiger partial charge in [-0.1, -0.05) is 6.07 Å². The van der Waals surface area contributed by atoms with Gasteiger partial charge in [0.05, 0.1) is 43.4 Å². The summed E-state index contributed by atoms with van der Waals surface area (Å²) in [6.45, 7) is 5.86. The second kappa shape index (κ2) is 5.94. The molecular weight excluding hydrogens is 314 g/mol. The van der Waals surface area contributed by atoms with Crippen molar-refractivity contribution in [2.45, 2.75) is 19.5 Å². The zero-order valence-corrected chi connectivity index (χ0v) is 13.7. The maximum atomic E-state index is 6.03. The number of morpholine rings is 1. The second-order valence-corrected chi connectivity index (χ2v) is 6.26. The summed E-state index contributed by atoms with van der Waals surface area (Å²) < 4.78 is 5.64. The fourth-order valence-electron chi connectivity index (χ4n) is 3.25. The van der Waals surface area contributed by atoms with Crippen molar-refractivity contribution in [2.24, 2.45) is 0 Å². The molecule has 0 amide bonds. The van der Waals surface area contributed by atoms with E-state index in [2.05, 4.69) is 24.8 Å². The second-order valence-electron chi connectivity index (χ2n) is 5.92. The molecule has 7 heteroatoms. The monoisotopic (exact) mass is 331 g/mol. The average molecular weight is 332 g/mol. The molecule has 6 nitrogen and oxygen atoms in total. The minimum Gasteiger partial charge on any atom is -0.377 e. The first-order valence-electron chi connectivity index (χ1n) is 7.75. The van der Waals surface area contributed by atoms with Crippen molar-refractivity contribution in [2.75, 3.05) is 36.1 Å². The van der Waals surface area contributed by atoms with E-state index in [0.29, 0.717) is 6.61 Å². The predicted octanol–water partition coefficient (Wildman–Crippen LogP) is 2.06. The van der Waals surface area contributed by atoms with Crippen molar-refractivity contribution >= 4 is 23.1 Å². The van der Waals surface area contributed by atoms with Gasteiger partial charge < -0.3 is 14.5 Å². The van der Waals surface area contributed by atoms with Gasteiger partial charge in [0, 0.05) is 18.8 Å². The number of aryl methyl sites for hydroxylation is 1. The lowest BCUT2D eigenvalue weighted by Crippen LogP contribution is -2.55. The molecule has 23 heavy (non-hydrogen) atoms. The fraction of sp³-hybridized carbons (Fsp3) is 0.438. The Kier molecular flexibility index (Phi) is 3.79. The predicted molar refractivity (Wildman–Crippen MR) is 89.0 cm³/mol. The summed E-state index contributed by atoms with van der Waals surface area (Å²) in [6.07, 6.45) is 1.81. The molecule has 1 unspecified atom stereocenters. The van der Waals surface area contributed by atoms with Crippen LogP contribution >= 0.6 is 11.6 Å². The normalized spacial score (nSPS) is 20.2. The van der Waals surface area contributed by atoms with Crippen molar-refractivity contribution in [3.8, 4) is 0 Å². The molecule has 2 aliphatic rings. The highest BCUT2D eigenvalue weighted by atomic mass is 35.5. The van der Waals surface area contributed by atoms with Crippen LogP contribution in [-0.2, 0) is 11.3 Å². The first-order valence-corrected chi connectivity index (χ1v) is 8.13. The van der Waals surface area contributed by atoms with E-state index in [1.807, 2.05) is 31.3 Å². The Labute approximate surface area is 140 Å². The zero-order valence-electron chi connectivity index (χ0n) is 12.9. The van der Waals surface area contributed by atoms with Gasteiger partial charge in [-0.3, -0.25) is 4.98 Å². The molecule has 1 saturated heterocycles. The third-order valence-electron chi connectivity index (χ3n) is 4.29. The van der Waals surface area contributed by atoms with Crippen molar-refractivity contribution in [3.63, 3.8) is 0 Å². The number of fused-ring (bicyclic) bond motifs is 3. The van der Waals surface area contributed by atoms with Crippen LogP contribution in [0.4, 0.5) is 11.5 Å². The van der Waals surface area contributed by atoms with E-state index in [9.17, 15) is 0 Å². The topological polar surface area (TPSA) is 54.4 Å². The minimum absolute atomic E-state index is 0.282. The number of anilines is 2. The van der Waals surface area contributed by atoms with Gasteiger partial charge in [0.1, 0.15) is 0 Å². The molecule has 0 aromatic carbocycles. The highest BCUT2D eigenvalue weighted by molar-refractivity contribution is 6.28. The van der Waals surface area contributed by atoms with Crippen LogP contribution in [0.1, 0.15) is 11.4 Å². The molecule has 0 radical (unpaired) electrons. The largest absolute Gasteiger partial charge is 0.377 e.